The normalized spacial score (nSPS) is 12.2. The molecule has 1 aromatic carbocycles. The number of fused-ring (bicyclic) bond motifs is 1. The van der Waals surface area contributed by atoms with Crippen LogP contribution in [0.3, 0.4) is 0 Å². The van der Waals surface area contributed by atoms with Gasteiger partial charge in [0.25, 0.3) is 0 Å². The molecule has 3 heterocycles. The van der Waals surface area contributed by atoms with E-state index in [9.17, 15) is 0 Å². The third-order valence-corrected chi connectivity index (χ3v) is 4.38. The topological polar surface area (TPSA) is 76.7 Å². The van der Waals surface area contributed by atoms with Gasteiger partial charge in [-0.1, -0.05) is 19.1 Å². The van der Waals surface area contributed by atoms with Gasteiger partial charge in [0, 0.05) is 41.5 Å². The summed E-state index contributed by atoms with van der Waals surface area (Å²) in [5, 5.41) is 3.39. The lowest BCUT2D eigenvalue weighted by atomic mass is 10.00. The number of nitrogens with zero attached hydrogens (tertiary/aromatic N) is 4. The molecule has 130 valence electrons. The molecule has 0 fully saturated rings. The SMILES string of the molecule is Cc1ccc(-c2cc(NCC(C)c3cccc4ncoc34)ncn2)cn1. The van der Waals surface area contributed by atoms with E-state index in [1.807, 2.05) is 43.5 Å². The van der Waals surface area contributed by atoms with E-state index in [4.69, 9.17) is 4.42 Å². The van der Waals surface area contributed by atoms with Crippen molar-refractivity contribution in [2.45, 2.75) is 19.8 Å². The van der Waals surface area contributed by atoms with Crippen LogP contribution in [-0.2, 0) is 0 Å². The summed E-state index contributed by atoms with van der Waals surface area (Å²) in [6.07, 6.45) is 4.88. The highest BCUT2D eigenvalue weighted by Gasteiger charge is 2.13. The molecule has 0 saturated carbocycles. The van der Waals surface area contributed by atoms with Crippen LogP contribution in [0.5, 0.6) is 0 Å². The molecular formula is C20H19N5O. The van der Waals surface area contributed by atoms with Crippen molar-refractivity contribution >= 4 is 16.9 Å². The van der Waals surface area contributed by atoms with Crippen LogP contribution < -0.4 is 5.32 Å². The van der Waals surface area contributed by atoms with Gasteiger partial charge in [-0.2, -0.15) is 0 Å². The molecule has 1 unspecified atom stereocenters. The van der Waals surface area contributed by atoms with Crippen molar-refractivity contribution in [1.82, 2.24) is 19.9 Å². The van der Waals surface area contributed by atoms with Crippen LogP contribution in [-0.4, -0.2) is 26.5 Å². The Labute approximate surface area is 151 Å². The molecular weight excluding hydrogens is 326 g/mol. The fraction of sp³-hybridized carbons (Fsp3) is 0.200. The maximum Gasteiger partial charge on any atom is 0.181 e. The van der Waals surface area contributed by atoms with Crippen LogP contribution in [0.4, 0.5) is 5.82 Å². The molecule has 4 aromatic rings. The van der Waals surface area contributed by atoms with E-state index in [1.54, 1.807) is 6.33 Å². The van der Waals surface area contributed by atoms with Crippen LogP contribution in [0.25, 0.3) is 22.4 Å². The maximum absolute atomic E-state index is 5.54. The summed E-state index contributed by atoms with van der Waals surface area (Å²) in [6.45, 7) is 4.84. The number of nitrogens with one attached hydrogen (secondary N) is 1. The highest BCUT2D eigenvalue weighted by atomic mass is 16.3. The van der Waals surface area contributed by atoms with Gasteiger partial charge >= 0.3 is 0 Å². The number of rotatable bonds is 5. The van der Waals surface area contributed by atoms with Crippen molar-refractivity contribution in [3.63, 3.8) is 0 Å². The van der Waals surface area contributed by atoms with Gasteiger partial charge < -0.3 is 9.73 Å². The molecule has 4 rings (SSSR count). The molecule has 0 radical (unpaired) electrons. The van der Waals surface area contributed by atoms with Crippen molar-refractivity contribution in [3.8, 4) is 11.3 Å². The van der Waals surface area contributed by atoms with Crippen molar-refractivity contribution in [1.29, 1.82) is 0 Å². The minimum Gasteiger partial charge on any atom is -0.443 e. The first-order valence-corrected chi connectivity index (χ1v) is 8.52. The highest BCUT2D eigenvalue weighted by molar-refractivity contribution is 5.76. The molecule has 3 aromatic heterocycles. The van der Waals surface area contributed by atoms with Gasteiger partial charge in [0.2, 0.25) is 0 Å². The number of aryl methyl sites for hydroxylation is 1. The zero-order chi connectivity index (χ0) is 17.9. The maximum atomic E-state index is 5.54. The standard InChI is InChI=1S/C20H19N5O/c1-13(16-4-3-5-17-20(16)26-12-25-17)9-22-19-8-18(23-11-24-19)15-7-6-14(2)21-10-15/h3-8,10-13H,9H2,1-2H3,(H,22,23,24). The van der Waals surface area contributed by atoms with Gasteiger partial charge in [0.05, 0.1) is 5.69 Å². The van der Waals surface area contributed by atoms with Gasteiger partial charge in [0.15, 0.2) is 12.0 Å². The molecule has 1 atom stereocenters. The van der Waals surface area contributed by atoms with Crippen molar-refractivity contribution in [2.75, 3.05) is 11.9 Å². The second-order valence-corrected chi connectivity index (χ2v) is 6.31. The fourth-order valence-corrected chi connectivity index (χ4v) is 2.89. The largest absolute Gasteiger partial charge is 0.443 e. The quantitative estimate of drug-likeness (QED) is 0.584. The van der Waals surface area contributed by atoms with E-state index in [-0.39, 0.29) is 5.92 Å². The summed E-state index contributed by atoms with van der Waals surface area (Å²) in [4.78, 5) is 17.2. The number of anilines is 1. The Morgan fingerprint density at radius 1 is 1.08 bits per heavy atom. The third kappa shape index (κ3) is 3.26. The number of benzene rings is 1. The fourth-order valence-electron chi connectivity index (χ4n) is 2.89. The Hall–Kier alpha value is -3.28. The van der Waals surface area contributed by atoms with Crippen molar-refractivity contribution in [2.24, 2.45) is 0 Å². The Kier molecular flexibility index (Phi) is 4.31. The highest BCUT2D eigenvalue weighted by Crippen LogP contribution is 2.25. The number of oxazole rings is 1. The summed E-state index contributed by atoms with van der Waals surface area (Å²) in [5.74, 6) is 1.03. The molecule has 0 saturated heterocycles. The first-order valence-electron chi connectivity index (χ1n) is 8.52. The smallest absolute Gasteiger partial charge is 0.181 e. The molecule has 0 aliphatic carbocycles. The summed E-state index contributed by atoms with van der Waals surface area (Å²) in [6, 6.07) is 12.0. The molecule has 26 heavy (non-hydrogen) atoms. The first kappa shape index (κ1) is 16.2. The number of pyridine rings is 1. The lowest BCUT2D eigenvalue weighted by Crippen LogP contribution is -2.11. The molecule has 1 N–H and O–H groups in total. The van der Waals surface area contributed by atoms with E-state index < -0.39 is 0 Å². The Balaban J connectivity index is 1.50. The summed E-state index contributed by atoms with van der Waals surface area (Å²) < 4.78 is 5.54. The van der Waals surface area contributed by atoms with E-state index in [1.165, 1.54) is 6.39 Å². The van der Waals surface area contributed by atoms with Gasteiger partial charge in [0.1, 0.15) is 17.7 Å². The lowest BCUT2D eigenvalue weighted by Gasteiger charge is -2.14. The molecule has 0 bridgehead atoms. The molecule has 6 nitrogen and oxygen atoms in total. The minimum atomic E-state index is 0.242. The second-order valence-electron chi connectivity index (χ2n) is 6.31. The molecule has 0 aliphatic heterocycles. The van der Waals surface area contributed by atoms with Gasteiger partial charge in [-0.15, -0.1) is 0 Å². The molecule has 6 heteroatoms. The van der Waals surface area contributed by atoms with Gasteiger partial charge in [-0.3, -0.25) is 4.98 Å². The molecule has 0 aliphatic rings. The van der Waals surface area contributed by atoms with Crippen molar-refractivity contribution < 1.29 is 4.42 Å². The van der Waals surface area contributed by atoms with Crippen LogP contribution >= 0.6 is 0 Å². The monoisotopic (exact) mass is 345 g/mol. The van der Waals surface area contributed by atoms with Gasteiger partial charge in [-0.25, -0.2) is 15.0 Å². The summed E-state index contributed by atoms with van der Waals surface area (Å²) in [5.41, 5.74) is 5.66. The Morgan fingerprint density at radius 2 is 2.00 bits per heavy atom. The van der Waals surface area contributed by atoms with Crippen molar-refractivity contribution in [3.05, 3.63) is 66.6 Å². The van der Waals surface area contributed by atoms with Gasteiger partial charge in [-0.05, 0) is 25.1 Å². The minimum absolute atomic E-state index is 0.242. The molecule has 0 amide bonds. The van der Waals surface area contributed by atoms with Crippen LogP contribution in [0, 0.1) is 6.92 Å². The molecule has 0 spiro atoms. The zero-order valence-electron chi connectivity index (χ0n) is 14.7. The number of aromatic nitrogens is 4. The average Bonchev–Trinajstić information content (AvgIpc) is 3.16. The van der Waals surface area contributed by atoms with Crippen LogP contribution in [0.1, 0.15) is 24.1 Å². The predicted octanol–water partition coefficient (Wildman–Crippen LogP) is 4.20. The van der Waals surface area contributed by atoms with E-state index in [0.717, 1.165) is 46.0 Å². The van der Waals surface area contributed by atoms with Crippen LogP contribution in [0.2, 0.25) is 0 Å². The Bertz CT molecular complexity index is 1030. The first-order chi connectivity index (χ1) is 12.7. The summed E-state index contributed by atoms with van der Waals surface area (Å²) in [7, 11) is 0. The average molecular weight is 345 g/mol. The number of para-hydroxylation sites is 1. The van der Waals surface area contributed by atoms with E-state index >= 15 is 0 Å². The second kappa shape index (κ2) is 6.92. The number of hydrogen-bond acceptors (Lipinski definition) is 6. The van der Waals surface area contributed by atoms with E-state index in [0.29, 0.717) is 0 Å². The third-order valence-electron chi connectivity index (χ3n) is 4.38. The Morgan fingerprint density at radius 3 is 2.85 bits per heavy atom. The van der Waals surface area contributed by atoms with Crippen LogP contribution in [0.15, 0.2) is 59.7 Å². The lowest BCUT2D eigenvalue weighted by molar-refractivity contribution is 0.593. The number of hydrogen-bond donors (Lipinski definition) is 1. The van der Waals surface area contributed by atoms with E-state index in [2.05, 4.69) is 38.2 Å². The summed E-state index contributed by atoms with van der Waals surface area (Å²) >= 11 is 0. The predicted molar refractivity (Wildman–Crippen MR) is 101 cm³/mol. The zero-order valence-corrected chi connectivity index (χ0v) is 14.7.